The Balaban J connectivity index is 2.22. The topological polar surface area (TPSA) is 69.9 Å². The van der Waals surface area contributed by atoms with Crippen molar-refractivity contribution in [2.24, 2.45) is 0 Å². The number of rotatable bonds is 1. The van der Waals surface area contributed by atoms with Crippen molar-refractivity contribution >= 4 is 32.7 Å². The van der Waals surface area contributed by atoms with Crippen LogP contribution in [0.2, 0.25) is 0 Å². The Bertz CT molecular complexity index is 744. The Morgan fingerprint density at radius 1 is 1.33 bits per heavy atom. The standard InChI is InChI=1S/C12H11BrN4O/c1-6-11(13)7(2)17(16-6)12-15-9-4-3-8(14)5-10(9)18-12/h3-5H,14H2,1-2H3. The molecular formula is C12H11BrN4O. The number of aromatic nitrogens is 3. The highest BCUT2D eigenvalue weighted by molar-refractivity contribution is 9.10. The summed E-state index contributed by atoms with van der Waals surface area (Å²) < 4.78 is 8.31. The summed E-state index contributed by atoms with van der Waals surface area (Å²) in [5.41, 5.74) is 9.64. The van der Waals surface area contributed by atoms with Crippen molar-refractivity contribution in [2.75, 3.05) is 5.73 Å². The maximum Gasteiger partial charge on any atom is 0.324 e. The van der Waals surface area contributed by atoms with E-state index in [2.05, 4.69) is 26.0 Å². The summed E-state index contributed by atoms with van der Waals surface area (Å²) in [5.74, 6) is 0. The molecule has 1 aromatic carbocycles. The van der Waals surface area contributed by atoms with Crippen LogP contribution >= 0.6 is 15.9 Å². The third-order valence-electron chi connectivity index (χ3n) is 2.79. The van der Waals surface area contributed by atoms with Crippen LogP contribution < -0.4 is 5.73 Å². The van der Waals surface area contributed by atoms with Gasteiger partial charge in [-0.15, -0.1) is 0 Å². The number of fused-ring (bicyclic) bond motifs is 1. The predicted molar refractivity (Wildman–Crippen MR) is 72.7 cm³/mol. The van der Waals surface area contributed by atoms with E-state index in [1.165, 1.54) is 0 Å². The smallest absolute Gasteiger partial charge is 0.324 e. The number of hydrogen-bond donors (Lipinski definition) is 1. The number of nitrogen functional groups attached to an aromatic ring is 1. The molecule has 0 saturated heterocycles. The zero-order chi connectivity index (χ0) is 12.9. The van der Waals surface area contributed by atoms with Gasteiger partial charge in [0.25, 0.3) is 0 Å². The van der Waals surface area contributed by atoms with E-state index in [4.69, 9.17) is 10.2 Å². The SMILES string of the molecule is Cc1nn(-c2nc3ccc(N)cc3o2)c(C)c1Br. The minimum absolute atomic E-state index is 0.446. The molecule has 0 saturated carbocycles. The van der Waals surface area contributed by atoms with Crippen molar-refractivity contribution in [3.8, 4) is 6.01 Å². The Morgan fingerprint density at radius 2 is 2.11 bits per heavy atom. The lowest BCUT2D eigenvalue weighted by Crippen LogP contribution is -1.98. The van der Waals surface area contributed by atoms with E-state index in [0.717, 1.165) is 21.4 Å². The number of benzene rings is 1. The number of aryl methyl sites for hydroxylation is 1. The Hall–Kier alpha value is -1.82. The van der Waals surface area contributed by atoms with Gasteiger partial charge < -0.3 is 10.2 Å². The van der Waals surface area contributed by atoms with Gasteiger partial charge in [0.2, 0.25) is 0 Å². The molecule has 0 amide bonds. The van der Waals surface area contributed by atoms with Crippen molar-refractivity contribution in [3.63, 3.8) is 0 Å². The number of halogens is 1. The van der Waals surface area contributed by atoms with Gasteiger partial charge in [-0.1, -0.05) is 0 Å². The molecule has 92 valence electrons. The molecule has 2 aromatic heterocycles. The summed E-state index contributed by atoms with van der Waals surface area (Å²) in [6, 6.07) is 5.83. The number of oxazole rings is 1. The Labute approximate surface area is 112 Å². The van der Waals surface area contributed by atoms with E-state index in [0.29, 0.717) is 17.3 Å². The fourth-order valence-corrected chi connectivity index (χ4v) is 2.08. The highest BCUT2D eigenvalue weighted by atomic mass is 79.9. The first-order chi connectivity index (χ1) is 8.56. The molecule has 5 nitrogen and oxygen atoms in total. The number of nitrogens with two attached hydrogens (primary N) is 1. The van der Waals surface area contributed by atoms with Gasteiger partial charge in [-0.3, -0.25) is 0 Å². The molecule has 0 spiro atoms. The molecule has 0 atom stereocenters. The summed E-state index contributed by atoms with van der Waals surface area (Å²) in [4.78, 5) is 4.40. The Kier molecular flexibility index (Phi) is 2.41. The van der Waals surface area contributed by atoms with Crippen molar-refractivity contribution < 1.29 is 4.42 Å². The van der Waals surface area contributed by atoms with Crippen molar-refractivity contribution in [3.05, 3.63) is 34.1 Å². The summed E-state index contributed by atoms with van der Waals surface area (Å²) in [5, 5.41) is 4.38. The molecule has 0 fully saturated rings. The molecule has 0 radical (unpaired) electrons. The minimum Gasteiger partial charge on any atom is -0.422 e. The van der Waals surface area contributed by atoms with Gasteiger partial charge in [0.15, 0.2) is 5.58 Å². The molecule has 3 aromatic rings. The fraction of sp³-hybridized carbons (Fsp3) is 0.167. The van der Waals surface area contributed by atoms with Crippen LogP contribution in [0.1, 0.15) is 11.4 Å². The number of hydrogen-bond acceptors (Lipinski definition) is 4. The van der Waals surface area contributed by atoms with E-state index in [-0.39, 0.29) is 0 Å². The number of nitrogens with zero attached hydrogens (tertiary/aromatic N) is 3. The van der Waals surface area contributed by atoms with Gasteiger partial charge in [0.1, 0.15) is 5.52 Å². The van der Waals surface area contributed by atoms with E-state index >= 15 is 0 Å². The summed E-state index contributed by atoms with van der Waals surface area (Å²) >= 11 is 3.48. The van der Waals surface area contributed by atoms with Gasteiger partial charge in [0, 0.05) is 11.8 Å². The van der Waals surface area contributed by atoms with Crippen LogP contribution in [0.25, 0.3) is 17.1 Å². The van der Waals surface area contributed by atoms with E-state index in [1.54, 1.807) is 16.8 Å². The van der Waals surface area contributed by atoms with Gasteiger partial charge in [-0.2, -0.15) is 14.8 Å². The van der Waals surface area contributed by atoms with Crippen LogP contribution in [-0.4, -0.2) is 14.8 Å². The first-order valence-corrected chi connectivity index (χ1v) is 6.23. The largest absolute Gasteiger partial charge is 0.422 e. The Morgan fingerprint density at radius 3 is 2.78 bits per heavy atom. The predicted octanol–water partition coefficient (Wildman–Crippen LogP) is 2.98. The van der Waals surface area contributed by atoms with Crippen molar-refractivity contribution in [1.29, 1.82) is 0 Å². The monoisotopic (exact) mass is 306 g/mol. The second-order valence-corrected chi connectivity index (χ2v) is 4.91. The molecule has 3 rings (SSSR count). The molecule has 0 aliphatic carbocycles. The quantitative estimate of drug-likeness (QED) is 0.702. The zero-order valence-electron chi connectivity index (χ0n) is 9.94. The second-order valence-electron chi connectivity index (χ2n) is 4.12. The molecule has 0 bridgehead atoms. The van der Waals surface area contributed by atoms with Crippen LogP contribution in [0.4, 0.5) is 5.69 Å². The molecule has 2 N–H and O–H groups in total. The first-order valence-electron chi connectivity index (χ1n) is 5.44. The molecule has 0 aliphatic rings. The lowest BCUT2D eigenvalue weighted by molar-refractivity contribution is 0.537. The zero-order valence-corrected chi connectivity index (χ0v) is 11.5. The maximum absolute atomic E-state index is 5.71. The van der Waals surface area contributed by atoms with Gasteiger partial charge in [-0.25, -0.2) is 0 Å². The number of anilines is 1. The average molecular weight is 307 g/mol. The summed E-state index contributed by atoms with van der Waals surface area (Å²) in [6.45, 7) is 3.88. The highest BCUT2D eigenvalue weighted by Gasteiger charge is 2.15. The van der Waals surface area contributed by atoms with Crippen LogP contribution in [0.5, 0.6) is 0 Å². The first kappa shape index (κ1) is 11.3. The normalized spacial score (nSPS) is 11.3. The van der Waals surface area contributed by atoms with Crippen LogP contribution in [0, 0.1) is 13.8 Å². The lowest BCUT2D eigenvalue weighted by Gasteiger charge is -1.96. The molecule has 0 unspecified atom stereocenters. The molecule has 0 aliphatic heterocycles. The fourth-order valence-electron chi connectivity index (χ4n) is 1.83. The van der Waals surface area contributed by atoms with E-state index < -0.39 is 0 Å². The van der Waals surface area contributed by atoms with Crippen LogP contribution in [0.15, 0.2) is 27.1 Å². The van der Waals surface area contributed by atoms with E-state index in [9.17, 15) is 0 Å². The minimum atomic E-state index is 0.446. The third kappa shape index (κ3) is 1.60. The maximum atomic E-state index is 5.71. The summed E-state index contributed by atoms with van der Waals surface area (Å²) in [7, 11) is 0. The molecule has 2 heterocycles. The molecular weight excluding hydrogens is 296 g/mol. The van der Waals surface area contributed by atoms with Crippen molar-refractivity contribution in [1.82, 2.24) is 14.8 Å². The van der Waals surface area contributed by atoms with Crippen molar-refractivity contribution in [2.45, 2.75) is 13.8 Å². The third-order valence-corrected chi connectivity index (χ3v) is 3.93. The highest BCUT2D eigenvalue weighted by Crippen LogP contribution is 2.25. The second kappa shape index (κ2) is 3.84. The van der Waals surface area contributed by atoms with Gasteiger partial charge in [-0.05, 0) is 41.9 Å². The molecule has 6 heteroatoms. The lowest BCUT2D eigenvalue weighted by atomic mass is 10.3. The van der Waals surface area contributed by atoms with E-state index in [1.807, 2.05) is 19.9 Å². The van der Waals surface area contributed by atoms with Gasteiger partial charge >= 0.3 is 6.01 Å². The molecule has 18 heavy (non-hydrogen) atoms. The average Bonchev–Trinajstić information content (AvgIpc) is 2.85. The van der Waals surface area contributed by atoms with Crippen LogP contribution in [0.3, 0.4) is 0 Å². The summed E-state index contributed by atoms with van der Waals surface area (Å²) in [6.07, 6.45) is 0. The van der Waals surface area contributed by atoms with Gasteiger partial charge in [0.05, 0.1) is 15.9 Å². The van der Waals surface area contributed by atoms with Crippen LogP contribution in [-0.2, 0) is 0 Å².